The van der Waals surface area contributed by atoms with Crippen LogP contribution in [0, 0.1) is 0 Å². The first kappa shape index (κ1) is 9.86. The van der Waals surface area contributed by atoms with Crippen molar-refractivity contribution in [2.45, 2.75) is 19.4 Å². The Morgan fingerprint density at radius 1 is 1.54 bits per heavy atom. The Bertz CT molecular complexity index is 269. The van der Waals surface area contributed by atoms with Crippen molar-refractivity contribution in [1.82, 2.24) is 15.3 Å². The van der Waals surface area contributed by atoms with E-state index in [0.29, 0.717) is 0 Å². The molecule has 3 nitrogen and oxygen atoms in total. The van der Waals surface area contributed by atoms with Crippen LogP contribution < -0.4 is 5.32 Å². The summed E-state index contributed by atoms with van der Waals surface area (Å²) >= 11 is 0. The van der Waals surface area contributed by atoms with Gasteiger partial charge in [0.15, 0.2) is 0 Å². The van der Waals surface area contributed by atoms with Crippen LogP contribution in [0.4, 0.5) is 0 Å². The van der Waals surface area contributed by atoms with Crippen LogP contribution in [-0.4, -0.2) is 17.0 Å². The quantitative estimate of drug-likeness (QED) is 0.711. The summed E-state index contributed by atoms with van der Waals surface area (Å²) in [4.78, 5) is 8.38. The van der Waals surface area contributed by atoms with Crippen LogP contribution in [0.3, 0.4) is 0 Å². The molecule has 13 heavy (non-hydrogen) atoms. The highest BCUT2D eigenvalue weighted by molar-refractivity contribution is 5.02. The van der Waals surface area contributed by atoms with E-state index < -0.39 is 0 Å². The zero-order chi connectivity index (χ0) is 9.68. The van der Waals surface area contributed by atoms with E-state index in [9.17, 15) is 0 Å². The van der Waals surface area contributed by atoms with E-state index in [1.54, 1.807) is 12.4 Å². The molecule has 0 fully saturated rings. The first-order valence-corrected chi connectivity index (χ1v) is 4.32. The van der Waals surface area contributed by atoms with Gasteiger partial charge in [-0.25, -0.2) is 9.97 Å². The largest absolute Gasteiger partial charge is 0.310 e. The predicted octanol–water partition coefficient (Wildman–Crippen LogP) is 1.70. The summed E-state index contributed by atoms with van der Waals surface area (Å²) in [6, 6.07) is 2.00. The second kappa shape index (κ2) is 4.72. The third-order valence-corrected chi connectivity index (χ3v) is 1.80. The minimum Gasteiger partial charge on any atom is -0.310 e. The third-order valence-electron chi connectivity index (χ3n) is 1.80. The Balaban J connectivity index is 2.73. The van der Waals surface area contributed by atoms with Gasteiger partial charge in [0.2, 0.25) is 0 Å². The Hall–Kier alpha value is -1.22. The highest BCUT2D eigenvalue weighted by Crippen LogP contribution is 2.14. The summed E-state index contributed by atoms with van der Waals surface area (Å²) < 4.78 is 0. The highest BCUT2D eigenvalue weighted by atomic mass is 15.0. The molecule has 1 N–H and O–H groups in total. The van der Waals surface area contributed by atoms with E-state index in [2.05, 4.69) is 21.9 Å². The maximum atomic E-state index is 4.19. The molecule has 0 saturated carbocycles. The Morgan fingerprint density at radius 3 is 2.62 bits per heavy atom. The average Bonchev–Trinajstić information content (AvgIpc) is 2.15. The minimum absolute atomic E-state index is 0.179. The molecule has 0 aliphatic rings. The van der Waals surface area contributed by atoms with Crippen molar-refractivity contribution in [1.29, 1.82) is 0 Å². The minimum atomic E-state index is 0.179. The smallest absolute Gasteiger partial charge is 0.145 e. The number of rotatable bonds is 4. The van der Waals surface area contributed by atoms with Gasteiger partial charge in [-0.15, -0.1) is 6.58 Å². The standard InChI is InChI=1S/C10H15N3/c1-8(2)7-9(11-3)10-12-5-4-6-13-10/h4-6,9,11H,1,7H2,2-3H3. The molecular formula is C10H15N3. The molecule has 1 rings (SSSR count). The van der Waals surface area contributed by atoms with Gasteiger partial charge in [-0.3, -0.25) is 0 Å². The first-order chi connectivity index (χ1) is 6.24. The van der Waals surface area contributed by atoms with Crippen LogP contribution >= 0.6 is 0 Å². The van der Waals surface area contributed by atoms with Gasteiger partial charge in [0, 0.05) is 12.4 Å². The van der Waals surface area contributed by atoms with Crippen molar-refractivity contribution in [2.75, 3.05) is 7.05 Å². The molecule has 1 aromatic rings. The van der Waals surface area contributed by atoms with Crippen molar-refractivity contribution in [3.05, 3.63) is 36.4 Å². The number of nitrogens with zero attached hydrogens (tertiary/aromatic N) is 2. The average molecular weight is 177 g/mol. The predicted molar refractivity (Wildman–Crippen MR) is 53.3 cm³/mol. The molecule has 0 aromatic carbocycles. The van der Waals surface area contributed by atoms with Gasteiger partial charge < -0.3 is 5.32 Å². The van der Waals surface area contributed by atoms with Crippen molar-refractivity contribution < 1.29 is 0 Å². The van der Waals surface area contributed by atoms with Crippen molar-refractivity contribution in [3.63, 3.8) is 0 Å². The Morgan fingerprint density at radius 2 is 2.15 bits per heavy atom. The van der Waals surface area contributed by atoms with Gasteiger partial charge in [0.25, 0.3) is 0 Å². The van der Waals surface area contributed by atoms with Crippen molar-refractivity contribution in [2.24, 2.45) is 0 Å². The van der Waals surface area contributed by atoms with Crippen LogP contribution in [-0.2, 0) is 0 Å². The van der Waals surface area contributed by atoms with Gasteiger partial charge in [-0.05, 0) is 26.5 Å². The SMILES string of the molecule is C=C(C)CC(NC)c1ncccn1. The van der Waals surface area contributed by atoms with E-state index in [-0.39, 0.29) is 6.04 Å². The first-order valence-electron chi connectivity index (χ1n) is 4.32. The summed E-state index contributed by atoms with van der Waals surface area (Å²) in [6.45, 7) is 5.88. The summed E-state index contributed by atoms with van der Waals surface area (Å²) in [5.74, 6) is 0.827. The van der Waals surface area contributed by atoms with Gasteiger partial charge in [-0.2, -0.15) is 0 Å². The van der Waals surface area contributed by atoms with E-state index in [1.807, 2.05) is 20.0 Å². The monoisotopic (exact) mass is 177 g/mol. The van der Waals surface area contributed by atoms with Crippen molar-refractivity contribution in [3.8, 4) is 0 Å². The zero-order valence-electron chi connectivity index (χ0n) is 8.12. The molecular weight excluding hydrogens is 162 g/mol. The van der Waals surface area contributed by atoms with Crippen LogP contribution in [0.5, 0.6) is 0 Å². The lowest BCUT2D eigenvalue weighted by Crippen LogP contribution is -2.18. The lowest BCUT2D eigenvalue weighted by molar-refractivity contribution is 0.555. The fourth-order valence-electron chi connectivity index (χ4n) is 1.16. The fourth-order valence-corrected chi connectivity index (χ4v) is 1.16. The summed E-state index contributed by atoms with van der Waals surface area (Å²) in [6.07, 6.45) is 4.39. The molecule has 3 heteroatoms. The number of nitrogens with one attached hydrogen (secondary N) is 1. The normalized spacial score (nSPS) is 12.5. The molecule has 0 radical (unpaired) electrons. The fraction of sp³-hybridized carbons (Fsp3) is 0.400. The molecule has 0 saturated heterocycles. The molecule has 0 aliphatic heterocycles. The maximum absolute atomic E-state index is 4.19. The van der Waals surface area contributed by atoms with E-state index in [0.717, 1.165) is 17.8 Å². The highest BCUT2D eigenvalue weighted by Gasteiger charge is 2.10. The molecule has 1 atom stereocenters. The molecule has 1 unspecified atom stereocenters. The molecule has 0 bridgehead atoms. The van der Waals surface area contributed by atoms with Crippen LogP contribution in [0.1, 0.15) is 25.2 Å². The maximum Gasteiger partial charge on any atom is 0.145 e. The van der Waals surface area contributed by atoms with Gasteiger partial charge in [0.1, 0.15) is 5.82 Å². The van der Waals surface area contributed by atoms with E-state index in [4.69, 9.17) is 0 Å². The molecule has 0 amide bonds. The van der Waals surface area contributed by atoms with E-state index in [1.165, 1.54) is 0 Å². The molecule has 1 heterocycles. The van der Waals surface area contributed by atoms with E-state index >= 15 is 0 Å². The van der Waals surface area contributed by atoms with Gasteiger partial charge in [-0.1, -0.05) is 5.57 Å². The topological polar surface area (TPSA) is 37.8 Å². The summed E-state index contributed by atoms with van der Waals surface area (Å²) in [7, 11) is 1.91. The van der Waals surface area contributed by atoms with Crippen LogP contribution in [0.15, 0.2) is 30.6 Å². The number of hydrogen-bond acceptors (Lipinski definition) is 3. The lowest BCUT2D eigenvalue weighted by Gasteiger charge is -2.13. The number of hydrogen-bond donors (Lipinski definition) is 1. The molecule has 1 aromatic heterocycles. The molecule has 0 aliphatic carbocycles. The number of aromatic nitrogens is 2. The van der Waals surface area contributed by atoms with Crippen LogP contribution in [0.25, 0.3) is 0 Å². The zero-order valence-corrected chi connectivity index (χ0v) is 8.12. The summed E-state index contributed by atoms with van der Waals surface area (Å²) in [5.41, 5.74) is 1.13. The Kier molecular flexibility index (Phi) is 3.58. The Labute approximate surface area is 78.9 Å². The second-order valence-corrected chi connectivity index (χ2v) is 3.11. The van der Waals surface area contributed by atoms with Crippen molar-refractivity contribution >= 4 is 0 Å². The van der Waals surface area contributed by atoms with Gasteiger partial charge in [0.05, 0.1) is 6.04 Å². The summed E-state index contributed by atoms with van der Waals surface area (Å²) in [5, 5.41) is 3.16. The second-order valence-electron chi connectivity index (χ2n) is 3.11. The lowest BCUT2D eigenvalue weighted by atomic mass is 10.1. The molecule has 0 spiro atoms. The van der Waals surface area contributed by atoms with Gasteiger partial charge >= 0.3 is 0 Å². The third kappa shape index (κ3) is 2.95. The van der Waals surface area contributed by atoms with Crippen LogP contribution in [0.2, 0.25) is 0 Å². The molecule has 70 valence electrons.